The first-order chi connectivity index (χ1) is 11.2. The monoisotopic (exact) mass is 317 g/mol. The van der Waals surface area contributed by atoms with Gasteiger partial charge >= 0.3 is 0 Å². The fraction of sp³-hybridized carbons (Fsp3) is 0.529. The fourth-order valence-electron chi connectivity index (χ4n) is 2.91. The Bertz CT molecular complexity index is 618. The van der Waals surface area contributed by atoms with E-state index in [4.69, 9.17) is 13.9 Å². The summed E-state index contributed by atoms with van der Waals surface area (Å²) < 4.78 is 16.5. The maximum absolute atomic E-state index is 5.88. The summed E-state index contributed by atoms with van der Waals surface area (Å²) in [7, 11) is 3.43. The molecule has 0 radical (unpaired) electrons. The maximum Gasteiger partial charge on any atom is 0.247 e. The number of hydrogen-bond acceptors (Lipinski definition) is 6. The van der Waals surface area contributed by atoms with Crippen LogP contribution in [0.2, 0.25) is 0 Å². The molecule has 0 N–H and O–H groups in total. The Kier molecular flexibility index (Phi) is 4.93. The third kappa shape index (κ3) is 3.54. The van der Waals surface area contributed by atoms with Crippen molar-refractivity contribution in [2.75, 3.05) is 27.3 Å². The number of benzene rings is 1. The second kappa shape index (κ2) is 7.10. The minimum atomic E-state index is 0.118. The third-order valence-corrected chi connectivity index (χ3v) is 4.49. The fourth-order valence-corrected chi connectivity index (χ4v) is 2.91. The summed E-state index contributed by atoms with van der Waals surface area (Å²) >= 11 is 0. The molecule has 0 bridgehead atoms. The Morgan fingerprint density at radius 3 is 2.43 bits per heavy atom. The summed E-state index contributed by atoms with van der Waals surface area (Å²) in [6.07, 6.45) is 2.46. The molecular formula is C17H23N3O3. The Morgan fingerprint density at radius 1 is 1.13 bits per heavy atom. The molecule has 2 heterocycles. The first-order valence-corrected chi connectivity index (χ1v) is 7.96. The lowest BCUT2D eigenvalue weighted by Crippen LogP contribution is -2.38. The highest BCUT2D eigenvalue weighted by molar-refractivity contribution is 5.53. The van der Waals surface area contributed by atoms with E-state index in [0.717, 1.165) is 37.2 Å². The molecule has 0 spiro atoms. The minimum absolute atomic E-state index is 0.118. The zero-order valence-electron chi connectivity index (χ0n) is 13.9. The van der Waals surface area contributed by atoms with Crippen molar-refractivity contribution in [3.63, 3.8) is 0 Å². The first-order valence-electron chi connectivity index (χ1n) is 7.96. The van der Waals surface area contributed by atoms with Gasteiger partial charge in [0.25, 0.3) is 0 Å². The molecule has 1 fully saturated rings. The molecule has 1 aromatic carbocycles. The van der Waals surface area contributed by atoms with Crippen molar-refractivity contribution in [2.45, 2.75) is 31.9 Å². The van der Waals surface area contributed by atoms with Gasteiger partial charge in [-0.1, -0.05) is 0 Å². The molecule has 1 aliphatic heterocycles. The Balaban J connectivity index is 1.68. The van der Waals surface area contributed by atoms with Gasteiger partial charge in [0, 0.05) is 25.8 Å². The smallest absolute Gasteiger partial charge is 0.247 e. The van der Waals surface area contributed by atoms with E-state index >= 15 is 0 Å². The normalized spacial score (nSPS) is 18.0. The zero-order valence-corrected chi connectivity index (χ0v) is 13.9. The van der Waals surface area contributed by atoms with Crippen molar-refractivity contribution in [1.82, 2.24) is 15.1 Å². The molecule has 1 aliphatic rings. The van der Waals surface area contributed by atoms with Crippen LogP contribution in [0.15, 0.2) is 28.7 Å². The van der Waals surface area contributed by atoms with Gasteiger partial charge in [-0.25, -0.2) is 0 Å². The number of hydrogen-bond donors (Lipinski definition) is 0. The van der Waals surface area contributed by atoms with Gasteiger partial charge in [-0.05, 0) is 44.0 Å². The van der Waals surface area contributed by atoms with Crippen molar-refractivity contribution in [1.29, 1.82) is 0 Å². The van der Waals surface area contributed by atoms with Gasteiger partial charge in [-0.15, -0.1) is 10.2 Å². The molecule has 6 heteroatoms. The number of likely N-dealkylation sites (tertiary alicyclic amines) is 1. The van der Waals surface area contributed by atoms with Crippen LogP contribution >= 0.6 is 0 Å². The highest BCUT2D eigenvalue weighted by atomic mass is 16.5. The van der Waals surface area contributed by atoms with Crippen LogP contribution in [0.1, 0.15) is 31.7 Å². The van der Waals surface area contributed by atoms with E-state index in [-0.39, 0.29) is 6.04 Å². The minimum Gasteiger partial charge on any atom is -0.497 e. The second-order valence-corrected chi connectivity index (χ2v) is 5.82. The van der Waals surface area contributed by atoms with Crippen LogP contribution in [0.5, 0.6) is 5.75 Å². The number of ether oxygens (including phenoxy) is 2. The summed E-state index contributed by atoms with van der Waals surface area (Å²) in [5, 5.41) is 8.41. The van der Waals surface area contributed by atoms with Gasteiger partial charge in [0.1, 0.15) is 5.75 Å². The van der Waals surface area contributed by atoms with E-state index in [2.05, 4.69) is 22.0 Å². The lowest BCUT2D eigenvalue weighted by Gasteiger charge is -2.33. The van der Waals surface area contributed by atoms with Crippen molar-refractivity contribution in [2.24, 2.45) is 0 Å². The van der Waals surface area contributed by atoms with Crippen LogP contribution in [0.25, 0.3) is 11.5 Å². The quantitative estimate of drug-likeness (QED) is 0.845. The zero-order chi connectivity index (χ0) is 16.2. The van der Waals surface area contributed by atoms with Crippen LogP contribution in [0.4, 0.5) is 0 Å². The van der Waals surface area contributed by atoms with E-state index in [0.29, 0.717) is 17.9 Å². The van der Waals surface area contributed by atoms with Gasteiger partial charge < -0.3 is 13.9 Å². The standard InChI is InChI=1S/C17H23N3O3/c1-12(20-10-8-15(22-3)9-11-20)16-18-19-17(23-16)13-4-6-14(21-2)7-5-13/h4-7,12,15H,8-11H2,1-3H3/t12-/m0/s1. The Morgan fingerprint density at radius 2 is 1.83 bits per heavy atom. The molecular weight excluding hydrogens is 294 g/mol. The average Bonchev–Trinajstić information content (AvgIpc) is 3.11. The Labute approximate surface area is 136 Å². The number of rotatable bonds is 5. The van der Waals surface area contributed by atoms with Gasteiger partial charge in [-0.2, -0.15) is 0 Å². The van der Waals surface area contributed by atoms with Crippen LogP contribution < -0.4 is 4.74 Å². The molecule has 1 saturated heterocycles. The first kappa shape index (κ1) is 16.0. The largest absolute Gasteiger partial charge is 0.497 e. The summed E-state index contributed by atoms with van der Waals surface area (Å²) in [5.41, 5.74) is 0.898. The predicted octanol–water partition coefficient (Wildman–Crippen LogP) is 2.92. The Hall–Kier alpha value is -1.92. The SMILES string of the molecule is COc1ccc(-c2nnc([C@H](C)N3CCC(OC)CC3)o2)cc1. The van der Waals surface area contributed by atoms with E-state index < -0.39 is 0 Å². The summed E-state index contributed by atoms with van der Waals surface area (Å²) in [6, 6.07) is 7.73. The van der Waals surface area contributed by atoms with Gasteiger partial charge in [0.15, 0.2) is 0 Å². The number of piperidine rings is 1. The molecule has 124 valence electrons. The van der Waals surface area contributed by atoms with E-state index in [9.17, 15) is 0 Å². The van der Waals surface area contributed by atoms with E-state index in [1.54, 1.807) is 14.2 Å². The lowest BCUT2D eigenvalue weighted by molar-refractivity contribution is 0.0256. The van der Waals surface area contributed by atoms with Crippen molar-refractivity contribution >= 4 is 0 Å². The van der Waals surface area contributed by atoms with Gasteiger partial charge in [0.2, 0.25) is 11.8 Å². The predicted molar refractivity (Wildman–Crippen MR) is 86.3 cm³/mol. The second-order valence-electron chi connectivity index (χ2n) is 5.82. The molecule has 0 aliphatic carbocycles. The highest BCUT2D eigenvalue weighted by Gasteiger charge is 2.26. The van der Waals surface area contributed by atoms with E-state index in [1.165, 1.54) is 0 Å². The molecule has 0 unspecified atom stereocenters. The average molecular weight is 317 g/mol. The molecule has 0 saturated carbocycles. The van der Waals surface area contributed by atoms with Crippen molar-refractivity contribution in [3.05, 3.63) is 30.2 Å². The molecule has 1 aromatic heterocycles. The van der Waals surface area contributed by atoms with Crippen LogP contribution in [-0.4, -0.2) is 48.5 Å². The third-order valence-electron chi connectivity index (χ3n) is 4.49. The van der Waals surface area contributed by atoms with Crippen molar-refractivity contribution in [3.8, 4) is 17.2 Å². The molecule has 23 heavy (non-hydrogen) atoms. The van der Waals surface area contributed by atoms with Crippen LogP contribution in [0.3, 0.4) is 0 Å². The molecule has 0 amide bonds. The van der Waals surface area contributed by atoms with Crippen LogP contribution in [0, 0.1) is 0 Å². The number of aromatic nitrogens is 2. The number of nitrogens with zero attached hydrogens (tertiary/aromatic N) is 3. The maximum atomic E-state index is 5.88. The lowest BCUT2D eigenvalue weighted by atomic mass is 10.1. The molecule has 6 nitrogen and oxygen atoms in total. The summed E-state index contributed by atoms with van der Waals surface area (Å²) in [4.78, 5) is 2.36. The molecule has 2 aromatic rings. The molecule has 3 rings (SSSR count). The summed E-state index contributed by atoms with van der Waals surface area (Å²) in [6.45, 7) is 4.08. The summed E-state index contributed by atoms with van der Waals surface area (Å²) in [5.74, 6) is 2.01. The van der Waals surface area contributed by atoms with E-state index in [1.807, 2.05) is 24.3 Å². The van der Waals surface area contributed by atoms with Crippen molar-refractivity contribution < 1.29 is 13.9 Å². The molecule has 1 atom stereocenters. The topological polar surface area (TPSA) is 60.6 Å². The van der Waals surface area contributed by atoms with Gasteiger partial charge in [0.05, 0.1) is 19.3 Å². The number of methoxy groups -OCH3 is 2. The van der Waals surface area contributed by atoms with Crippen LogP contribution in [-0.2, 0) is 4.74 Å². The highest BCUT2D eigenvalue weighted by Crippen LogP contribution is 2.27. The van der Waals surface area contributed by atoms with Gasteiger partial charge in [-0.3, -0.25) is 4.90 Å².